The van der Waals surface area contributed by atoms with Crippen molar-refractivity contribution in [3.63, 3.8) is 0 Å². The first-order valence-corrected chi connectivity index (χ1v) is 2.90. The standard InChI is InChI=1S/C5H6N2OS/c1-3-5(8)6-2-4(9)7-3/h2H,1H3,(H,6,8)(H,7,9). The molecule has 0 radical (unpaired) electrons. The van der Waals surface area contributed by atoms with Crippen molar-refractivity contribution in [3.8, 4) is 0 Å². The first-order chi connectivity index (χ1) is 4.20. The zero-order valence-electron chi connectivity index (χ0n) is 4.88. The Morgan fingerprint density at radius 3 is 2.89 bits per heavy atom. The van der Waals surface area contributed by atoms with Gasteiger partial charge in [-0.3, -0.25) is 4.79 Å². The summed E-state index contributed by atoms with van der Waals surface area (Å²) in [6, 6.07) is 0. The monoisotopic (exact) mass is 142 g/mol. The molecule has 1 aromatic rings. The van der Waals surface area contributed by atoms with E-state index in [2.05, 4.69) is 22.6 Å². The van der Waals surface area contributed by atoms with Crippen molar-refractivity contribution in [1.29, 1.82) is 0 Å². The van der Waals surface area contributed by atoms with Gasteiger partial charge in [0.15, 0.2) is 0 Å². The molecular weight excluding hydrogens is 136 g/mol. The lowest BCUT2D eigenvalue weighted by Gasteiger charge is -1.89. The summed E-state index contributed by atoms with van der Waals surface area (Å²) in [6.45, 7) is 1.64. The van der Waals surface area contributed by atoms with Gasteiger partial charge in [-0.25, -0.2) is 4.98 Å². The van der Waals surface area contributed by atoms with E-state index in [4.69, 9.17) is 0 Å². The van der Waals surface area contributed by atoms with Gasteiger partial charge in [0.2, 0.25) is 0 Å². The van der Waals surface area contributed by atoms with E-state index >= 15 is 0 Å². The molecule has 9 heavy (non-hydrogen) atoms. The van der Waals surface area contributed by atoms with Crippen molar-refractivity contribution in [2.24, 2.45) is 0 Å². The number of hydrogen-bond donors (Lipinski definition) is 2. The van der Waals surface area contributed by atoms with E-state index in [0.717, 1.165) is 0 Å². The van der Waals surface area contributed by atoms with Crippen LogP contribution in [0.2, 0.25) is 0 Å². The molecule has 0 unspecified atom stereocenters. The number of thiol groups is 1. The molecule has 0 aliphatic heterocycles. The van der Waals surface area contributed by atoms with Gasteiger partial charge in [-0.05, 0) is 6.92 Å². The van der Waals surface area contributed by atoms with Gasteiger partial charge in [0.05, 0.1) is 0 Å². The zero-order valence-corrected chi connectivity index (χ0v) is 5.77. The minimum absolute atomic E-state index is 0.159. The van der Waals surface area contributed by atoms with Crippen molar-refractivity contribution in [3.05, 3.63) is 22.2 Å². The molecule has 1 heterocycles. The molecule has 0 aliphatic carbocycles. The van der Waals surface area contributed by atoms with Crippen LogP contribution in [-0.4, -0.2) is 9.97 Å². The minimum Gasteiger partial charge on any atom is -0.325 e. The Kier molecular flexibility index (Phi) is 1.57. The summed E-state index contributed by atoms with van der Waals surface area (Å²) in [5.74, 6) is 0. The highest BCUT2D eigenvalue weighted by Gasteiger charge is 1.91. The third-order valence-electron chi connectivity index (χ3n) is 0.943. The van der Waals surface area contributed by atoms with Crippen LogP contribution < -0.4 is 5.56 Å². The van der Waals surface area contributed by atoms with Gasteiger partial charge in [-0.15, -0.1) is 12.6 Å². The average Bonchev–Trinajstić information content (AvgIpc) is 1.80. The van der Waals surface area contributed by atoms with Crippen molar-refractivity contribution in [2.75, 3.05) is 0 Å². The van der Waals surface area contributed by atoms with Crippen molar-refractivity contribution >= 4 is 12.6 Å². The lowest BCUT2D eigenvalue weighted by Crippen LogP contribution is -2.10. The van der Waals surface area contributed by atoms with Gasteiger partial charge in [0.1, 0.15) is 10.7 Å². The van der Waals surface area contributed by atoms with Gasteiger partial charge < -0.3 is 4.98 Å². The molecule has 4 heteroatoms. The second-order valence-electron chi connectivity index (χ2n) is 1.67. The summed E-state index contributed by atoms with van der Waals surface area (Å²) in [4.78, 5) is 16.9. The van der Waals surface area contributed by atoms with Gasteiger partial charge in [-0.1, -0.05) is 0 Å². The van der Waals surface area contributed by atoms with Gasteiger partial charge >= 0.3 is 0 Å². The molecule has 0 fully saturated rings. The van der Waals surface area contributed by atoms with Crippen LogP contribution in [0.5, 0.6) is 0 Å². The first kappa shape index (κ1) is 6.35. The van der Waals surface area contributed by atoms with Crippen LogP contribution in [0.4, 0.5) is 0 Å². The molecule has 0 saturated carbocycles. The largest absolute Gasteiger partial charge is 0.325 e. The molecule has 0 saturated heterocycles. The Morgan fingerprint density at radius 2 is 2.44 bits per heavy atom. The number of hydrogen-bond acceptors (Lipinski definition) is 3. The Morgan fingerprint density at radius 1 is 1.78 bits per heavy atom. The summed E-state index contributed by atoms with van der Waals surface area (Å²) < 4.78 is 0. The molecule has 0 bridgehead atoms. The number of rotatable bonds is 0. The number of H-pyrrole nitrogens is 1. The van der Waals surface area contributed by atoms with Crippen LogP contribution >= 0.6 is 12.6 Å². The summed E-state index contributed by atoms with van der Waals surface area (Å²) in [7, 11) is 0. The summed E-state index contributed by atoms with van der Waals surface area (Å²) in [6.07, 6.45) is 1.46. The minimum atomic E-state index is -0.159. The molecule has 3 nitrogen and oxygen atoms in total. The molecule has 1 aromatic heterocycles. The first-order valence-electron chi connectivity index (χ1n) is 2.45. The predicted octanol–water partition coefficient (Wildman–Crippen LogP) is 0.367. The fourth-order valence-corrected chi connectivity index (χ4v) is 0.704. The number of aromatic nitrogens is 2. The van der Waals surface area contributed by atoms with Crippen LogP contribution in [-0.2, 0) is 0 Å². The van der Waals surface area contributed by atoms with Crippen LogP contribution in [0.1, 0.15) is 5.69 Å². The zero-order chi connectivity index (χ0) is 6.85. The Balaban J connectivity index is 3.34. The number of nitrogens with zero attached hydrogens (tertiary/aromatic N) is 1. The van der Waals surface area contributed by atoms with Gasteiger partial charge in [0, 0.05) is 6.20 Å². The molecule has 0 spiro atoms. The molecule has 0 aromatic carbocycles. The van der Waals surface area contributed by atoms with Crippen LogP contribution in [0.3, 0.4) is 0 Å². The highest BCUT2D eigenvalue weighted by molar-refractivity contribution is 7.80. The van der Waals surface area contributed by atoms with Gasteiger partial charge in [0.25, 0.3) is 5.56 Å². The maximum Gasteiger partial charge on any atom is 0.269 e. The van der Waals surface area contributed by atoms with E-state index in [0.29, 0.717) is 10.7 Å². The SMILES string of the molecule is Cc1nc(S)c[nH]c1=O. The molecule has 48 valence electrons. The number of aromatic amines is 1. The van der Waals surface area contributed by atoms with Crippen LogP contribution in [0, 0.1) is 6.92 Å². The lowest BCUT2D eigenvalue weighted by atomic mass is 10.5. The van der Waals surface area contributed by atoms with Crippen molar-refractivity contribution < 1.29 is 0 Å². The van der Waals surface area contributed by atoms with Crippen LogP contribution in [0.25, 0.3) is 0 Å². The highest BCUT2D eigenvalue weighted by Crippen LogP contribution is 1.93. The molecule has 1 rings (SSSR count). The second kappa shape index (κ2) is 2.23. The normalized spacial score (nSPS) is 9.56. The topological polar surface area (TPSA) is 45.8 Å². The second-order valence-corrected chi connectivity index (χ2v) is 2.13. The maximum atomic E-state index is 10.6. The fraction of sp³-hybridized carbons (Fsp3) is 0.200. The summed E-state index contributed by atoms with van der Waals surface area (Å²) >= 11 is 3.92. The highest BCUT2D eigenvalue weighted by atomic mass is 32.1. The third kappa shape index (κ3) is 1.32. The smallest absolute Gasteiger partial charge is 0.269 e. The van der Waals surface area contributed by atoms with E-state index in [9.17, 15) is 4.79 Å². The Bertz CT molecular complexity index is 268. The summed E-state index contributed by atoms with van der Waals surface area (Å²) in [5.41, 5.74) is 0.287. The fourth-order valence-electron chi connectivity index (χ4n) is 0.489. The molecular formula is C5H6N2OS. The quantitative estimate of drug-likeness (QED) is 0.514. The lowest BCUT2D eigenvalue weighted by molar-refractivity contribution is 0.968. The van der Waals surface area contributed by atoms with Crippen molar-refractivity contribution in [1.82, 2.24) is 9.97 Å². The van der Waals surface area contributed by atoms with E-state index in [1.165, 1.54) is 6.20 Å². The number of aryl methyl sites for hydroxylation is 1. The van der Waals surface area contributed by atoms with Gasteiger partial charge in [-0.2, -0.15) is 0 Å². The Labute approximate surface area is 57.6 Å². The predicted molar refractivity (Wildman–Crippen MR) is 36.8 cm³/mol. The average molecular weight is 142 g/mol. The number of nitrogens with one attached hydrogen (secondary N) is 1. The third-order valence-corrected chi connectivity index (χ3v) is 1.17. The molecule has 0 amide bonds. The summed E-state index contributed by atoms with van der Waals surface area (Å²) in [5, 5.41) is 0.534. The molecule has 0 aliphatic rings. The van der Waals surface area contributed by atoms with Crippen molar-refractivity contribution in [2.45, 2.75) is 11.9 Å². The van der Waals surface area contributed by atoms with Crippen LogP contribution in [0.15, 0.2) is 16.0 Å². The van der Waals surface area contributed by atoms with E-state index in [-0.39, 0.29) is 5.56 Å². The molecule has 1 N–H and O–H groups in total. The van der Waals surface area contributed by atoms with E-state index in [1.54, 1.807) is 6.92 Å². The molecule has 0 atom stereocenters. The van der Waals surface area contributed by atoms with E-state index < -0.39 is 0 Å². The maximum absolute atomic E-state index is 10.6. The van der Waals surface area contributed by atoms with E-state index in [1.807, 2.05) is 0 Å². The Hall–Kier alpha value is -0.770.